The molecule has 0 unspecified atom stereocenters. The number of benzene rings is 2. The molecule has 156 valence electrons. The average molecular weight is 409 g/mol. The lowest BCUT2D eigenvalue weighted by molar-refractivity contribution is -0.117. The summed E-state index contributed by atoms with van der Waals surface area (Å²) in [5.74, 6) is 1.24. The van der Waals surface area contributed by atoms with Crippen LogP contribution >= 0.6 is 0 Å². The fraction of sp³-hybridized carbons (Fsp3) is 0.273. The second kappa shape index (κ2) is 8.96. The molecule has 4 rings (SSSR count). The summed E-state index contributed by atoms with van der Waals surface area (Å²) in [6.07, 6.45) is 3.73. The van der Waals surface area contributed by atoms with Crippen molar-refractivity contribution in [3.63, 3.8) is 0 Å². The summed E-state index contributed by atoms with van der Waals surface area (Å²) in [5, 5.41) is 2.81. The van der Waals surface area contributed by atoms with Crippen LogP contribution in [-0.2, 0) is 4.79 Å². The van der Waals surface area contributed by atoms with Crippen molar-refractivity contribution in [1.82, 2.24) is 14.5 Å². The number of ether oxygens (including phenoxy) is 1. The lowest BCUT2D eigenvalue weighted by Crippen LogP contribution is -2.49. The van der Waals surface area contributed by atoms with Gasteiger partial charge in [-0.05, 0) is 36.4 Å². The molecule has 1 fully saturated rings. The molecule has 2 heterocycles. The Labute approximate surface area is 174 Å². The van der Waals surface area contributed by atoms with Gasteiger partial charge >= 0.3 is 0 Å². The second-order valence-electron chi connectivity index (χ2n) is 7.12. The smallest absolute Gasteiger partial charge is 0.238 e. The average Bonchev–Trinajstić information content (AvgIpc) is 3.26. The van der Waals surface area contributed by atoms with E-state index < -0.39 is 0 Å². The maximum absolute atomic E-state index is 13.0. The molecule has 1 amide bonds. The molecule has 0 spiro atoms. The normalized spacial score (nSPS) is 14.5. The van der Waals surface area contributed by atoms with Gasteiger partial charge in [0.1, 0.15) is 11.6 Å². The highest BCUT2D eigenvalue weighted by atomic mass is 19.1. The molecule has 1 N–H and O–H groups in total. The van der Waals surface area contributed by atoms with Crippen molar-refractivity contribution < 1.29 is 13.9 Å². The van der Waals surface area contributed by atoms with Crippen LogP contribution in [-0.4, -0.2) is 60.2 Å². The minimum absolute atomic E-state index is 0.104. The Morgan fingerprint density at radius 2 is 1.90 bits per heavy atom. The van der Waals surface area contributed by atoms with Crippen molar-refractivity contribution in [3.8, 4) is 11.4 Å². The Bertz CT molecular complexity index is 997. The van der Waals surface area contributed by atoms with Gasteiger partial charge in [-0.25, -0.2) is 9.37 Å². The lowest BCUT2D eigenvalue weighted by Gasteiger charge is -2.35. The standard InChI is InChI=1S/C22H24FN5O2/c1-30-20-4-2-3-19(15-20)28-10-9-24-22(28)27-13-11-26(12-14-27)16-21(29)25-18-7-5-17(23)6-8-18/h2-10,15H,11-14,16H2,1H3,(H,25,29). The van der Waals surface area contributed by atoms with Gasteiger partial charge in [-0.1, -0.05) is 6.07 Å². The fourth-order valence-electron chi connectivity index (χ4n) is 3.53. The number of hydrogen-bond acceptors (Lipinski definition) is 5. The predicted octanol–water partition coefficient (Wildman–Crippen LogP) is 2.78. The third-order valence-corrected chi connectivity index (χ3v) is 5.10. The Balaban J connectivity index is 1.34. The van der Waals surface area contributed by atoms with Gasteiger partial charge in [-0.3, -0.25) is 14.3 Å². The van der Waals surface area contributed by atoms with E-state index >= 15 is 0 Å². The van der Waals surface area contributed by atoms with Crippen LogP contribution in [0.2, 0.25) is 0 Å². The Morgan fingerprint density at radius 1 is 1.13 bits per heavy atom. The quantitative estimate of drug-likeness (QED) is 0.678. The summed E-state index contributed by atoms with van der Waals surface area (Å²) in [5.41, 5.74) is 1.59. The molecule has 1 saturated heterocycles. The zero-order chi connectivity index (χ0) is 20.9. The van der Waals surface area contributed by atoms with E-state index in [2.05, 4.69) is 20.1 Å². The van der Waals surface area contributed by atoms with Crippen LogP contribution in [0, 0.1) is 5.82 Å². The summed E-state index contributed by atoms with van der Waals surface area (Å²) >= 11 is 0. The van der Waals surface area contributed by atoms with E-state index in [9.17, 15) is 9.18 Å². The minimum Gasteiger partial charge on any atom is -0.497 e. The number of carbonyl (C=O) groups excluding carboxylic acids is 1. The third-order valence-electron chi connectivity index (χ3n) is 5.10. The van der Waals surface area contributed by atoms with E-state index in [0.717, 1.165) is 43.6 Å². The van der Waals surface area contributed by atoms with Gasteiger partial charge in [-0.15, -0.1) is 0 Å². The van der Waals surface area contributed by atoms with Crippen molar-refractivity contribution in [2.75, 3.05) is 50.1 Å². The topological polar surface area (TPSA) is 62.6 Å². The van der Waals surface area contributed by atoms with Crippen LogP contribution in [0.15, 0.2) is 60.9 Å². The van der Waals surface area contributed by atoms with Gasteiger partial charge in [0.2, 0.25) is 11.9 Å². The number of halogens is 1. The summed E-state index contributed by atoms with van der Waals surface area (Å²) in [7, 11) is 1.65. The number of aromatic nitrogens is 2. The van der Waals surface area contributed by atoms with E-state index in [1.807, 2.05) is 35.0 Å². The monoisotopic (exact) mass is 409 g/mol. The maximum Gasteiger partial charge on any atom is 0.238 e. The zero-order valence-electron chi connectivity index (χ0n) is 16.8. The molecular formula is C22H24FN5O2. The van der Waals surface area contributed by atoms with Crippen LogP contribution in [0.5, 0.6) is 5.75 Å². The highest BCUT2D eigenvalue weighted by molar-refractivity contribution is 5.92. The van der Waals surface area contributed by atoms with Crippen molar-refractivity contribution in [1.29, 1.82) is 0 Å². The first-order chi connectivity index (χ1) is 14.6. The molecule has 0 atom stereocenters. The highest BCUT2D eigenvalue weighted by Crippen LogP contribution is 2.22. The van der Waals surface area contributed by atoms with E-state index in [0.29, 0.717) is 12.2 Å². The first-order valence-electron chi connectivity index (χ1n) is 9.83. The van der Waals surface area contributed by atoms with Gasteiger partial charge in [0, 0.05) is 50.3 Å². The summed E-state index contributed by atoms with van der Waals surface area (Å²) in [6.45, 7) is 3.34. The number of amides is 1. The Kier molecular flexibility index (Phi) is 5.94. The van der Waals surface area contributed by atoms with Gasteiger partial charge < -0.3 is 15.0 Å². The number of hydrogen-bond donors (Lipinski definition) is 1. The van der Waals surface area contributed by atoms with Gasteiger partial charge in [0.05, 0.1) is 19.3 Å². The molecule has 3 aromatic rings. The molecule has 7 nitrogen and oxygen atoms in total. The number of carbonyl (C=O) groups is 1. The van der Waals surface area contributed by atoms with Crippen molar-refractivity contribution >= 4 is 17.5 Å². The van der Waals surface area contributed by atoms with E-state index in [4.69, 9.17) is 4.74 Å². The number of methoxy groups -OCH3 is 1. The van der Waals surface area contributed by atoms with E-state index in [-0.39, 0.29) is 11.7 Å². The van der Waals surface area contributed by atoms with Gasteiger partial charge in [0.25, 0.3) is 0 Å². The molecular weight excluding hydrogens is 385 g/mol. The molecule has 0 bridgehead atoms. The third kappa shape index (κ3) is 4.60. The van der Waals surface area contributed by atoms with Crippen LogP contribution in [0.3, 0.4) is 0 Å². The SMILES string of the molecule is COc1cccc(-n2ccnc2N2CCN(CC(=O)Nc3ccc(F)cc3)CC2)c1. The van der Waals surface area contributed by atoms with Crippen LogP contribution in [0.1, 0.15) is 0 Å². The largest absolute Gasteiger partial charge is 0.497 e. The highest BCUT2D eigenvalue weighted by Gasteiger charge is 2.22. The van der Waals surface area contributed by atoms with Crippen molar-refractivity contribution in [2.24, 2.45) is 0 Å². The number of piperazine rings is 1. The molecule has 0 aliphatic carbocycles. The molecule has 0 radical (unpaired) electrons. The number of imidazole rings is 1. The van der Waals surface area contributed by atoms with E-state index in [1.54, 1.807) is 25.4 Å². The second-order valence-corrected chi connectivity index (χ2v) is 7.12. The van der Waals surface area contributed by atoms with E-state index in [1.165, 1.54) is 12.1 Å². The summed E-state index contributed by atoms with van der Waals surface area (Å²) in [4.78, 5) is 21.1. The van der Waals surface area contributed by atoms with Crippen molar-refractivity contribution in [3.05, 3.63) is 66.7 Å². The first-order valence-corrected chi connectivity index (χ1v) is 9.83. The summed E-state index contributed by atoms with van der Waals surface area (Å²) in [6, 6.07) is 13.6. The number of nitrogens with one attached hydrogen (secondary N) is 1. The molecule has 2 aromatic carbocycles. The molecule has 30 heavy (non-hydrogen) atoms. The zero-order valence-corrected chi connectivity index (χ0v) is 16.8. The maximum atomic E-state index is 13.0. The number of nitrogens with zero attached hydrogens (tertiary/aromatic N) is 4. The van der Waals surface area contributed by atoms with Crippen LogP contribution in [0.25, 0.3) is 5.69 Å². The molecule has 8 heteroatoms. The lowest BCUT2D eigenvalue weighted by atomic mass is 10.3. The van der Waals surface area contributed by atoms with Gasteiger partial charge in [0.15, 0.2) is 0 Å². The Hall–Kier alpha value is -3.39. The minimum atomic E-state index is -0.323. The van der Waals surface area contributed by atoms with Crippen LogP contribution < -0.4 is 15.0 Å². The Morgan fingerprint density at radius 3 is 2.63 bits per heavy atom. The molecule has 1 aliphatic rings. The van der Waals surface area contributed by atoms with Gasteiger partial charge in [-0.2, -0.15) is 0 Å². The summed E-state index contributed by atoms with van der Waals surface area (Å²) < 4.78 is 20.4. The molecule has 1 aliphatic heterocycles. The number of anilines is 2. The molecule has 1 aromatic heterocycles. The first kappa shape index (κ1) is 19.9. The number of rotatable bonds is 6. The van der Waals surface area contributed by atoms with Crippen LogP contribution in [0.4, 0.5) is 16.0 Å². The fourth-order valence-corrected chi connectivity index (χ4v) is 3.53. The van der Waals surface area contributed by atoms with Crippen molar-refractivity contribution in [2.45, 2.75) is 0 Å². The predicted molar refractivity (Wildman–Crippen MR) is 114 cm³/mol. The molecule has 0 saturated carbocycles.